The first-order valence-corrected chi connectivity index (χ1v) is 11.9. The molecule has 7 nitrogen and oxygen atoms in total. The number of rotatable bonds is 7. The van der Waals surface area contributed by atoms with Crippen molar-refractivity contribution in [2.24, 2.45) is 0 Å². The lowest BCUT2D eigenvalue weighted by Gasteiger charge is -2.29. The number of piperidine rings is 1. The minimum absolute atomic E-state index is 0.159. The van der Waals surface area contributed by atoms with Gasteiger partial charge < -0.3 is 9.64 Å². The molecule has 4 rings (SSSR count). The van der Waals surface area contributed by atoms with Crippen LogP contribution in [0.1, 0.15) is 38.2 Å². The number of thioether (sulfide) groups is 1. The molecule has 2 saturated heterocycles. The summed E-state index contributed by atoms with van der Waals surface area (Å²) in [4.78, 5) is 35.4. The van der Waals surface area contributed by atoms with Gasteiger partial charge in [-0.1, -0.05) is 30.0 Å². The molecule has 2 aliphatic rings. The highest BCUT2D eigenvalue weighted by molar-refractivity contribution is 8.26. The molecule has 0 spiro atoms. The van der Waals surface area contributed by atoms with Crippen LogP contribution in [0.2, 0.25) is 0 Å². The van der Waals surface area contributed by atoms with Crippen molar-refractivity contribution in [3.8, 4) is 0 Å². The highest BCUT2D eigenvalue weighted by atomic mass is 32.2. The summed E-state index contributed by atoms with van der Waals surface area (Å²) >= 11 is 6.68. The maximum Gasteiger partial charge on any atom is 0.267 e. The molecule has 4 heterocycles. The lowest BCUT2D eigenvalue weighted by Crippen LogP contribution is -2.33. The van der Waals surface area contributed by atoms with Crippen molar-refractivity contribution in [1.29, 1.82) is 0 Å². The standard InChI is InChI=1S/C22H26N4O3S2/c1-2-29-14-8-13-26-21(28)17(31-22(26)30)15-16-19(24-10-5-3-6-11-24)23-18-9-4-7-12-25(18)20(16)27/h4,7,9,12,15H,2-3,5-6,8,10-11,13-14H2,1H3. The number of hydrogen-bond acceptors (Lipinski definition) is 7. The van der Waals surface area contributed by atoms with Crippen LogP contribution in [0.25, 0.3) is 11.7 Å². The van der Waals surface area contributed by atoms with E-state index in [0.29, 0.717) is 52.4 Å². The SMILES string of the molecule is CCOCCCN1C(=O)C(=Cc2c(N3CCCCC3)nc3ccccn3c2=O)SC1=S. The van der Waals surface area contributed by atoms with Gasteiger partial charge in [0, 0.05) is 39.0 Å². The molecule has 0 atom stereocenters. The number of ether oxygens (including phenoxy) is 1. The topological polar surface area (TPSA) is 67.2 Å². The van der Waals surface area contributed by atoms with E-state index in [1.807, 2.05) is 19.1 Å². The zero-order chi connectivity index (χ0) is 21.8. The monoisotopic (exact) mass is 458 g/mol. The summed E-state index contributed by atoms with van der Waals surface area (Å²) in [5.74, 6) is 0.492. The van der Waals surface area contributed by atoms with Gasteiger partial charge in [-0.05, 0) is 50.8 Å². The number of nitrogens with zero attached hydrogens (tertiary/aromatic N) is 4. The number of aromatic nitrogens is 2. The van der Waals surface area contributed by atoms with E-state index in [4.69, 9.17) is 21.9 Å². The van der Waals surface area contributed by atoms with Crippen LogP contribution in [0.4, 0.5) is 5.82 Å². The van der Waals surface area contributed by atoms with E-state index in [9.17, 15) is 9.59 Å². The zero-order valence-electron chi connectivity index (χ0n) is 17.6. The van der Waals surface area contributed by atoms with Gasteiger partial charge in [-0.2, -0.15) is 0 Å². The number of amides is 1. The lowest BCUT2D eigenvalue weighted by atomic mass is 10.1. The number of anilines is 1. The second kappa shape index (κ2) is 9.93. The van der Waals surface area contributed by atoms with Crippen LogP contribution < -0.4 is 10.5 Å². The van der Waals surface area contributed by atoms with E-state index in [0.717, 1.165) is 25.9 Å². The number of carbonyl (C=O) groups excluding carboxylic acids is 1. The Morgan fingerprint density at radius 1 is 1.23 bits per heavy atom. The molecule has 0 radical (unpaired) electrons. The summed E-state index contributed by atoms with van der Waals surface area (Å²) in [6.45, 7) is 5.40. The van der Waals surface area contributed by atoms with Gasteiger partial charge >= 0.3 is 0 Å². The second-order valence-corrected chi connectivity index (χ2v) is 9.19. The predicted octanol–water partition coefficient (Wildman–Crippen LogP) is 3.31. The maximum atomic E-state index is 13.4. The first-order chi connectivity index (χ1) is 15.1. The van der Waals surface area contributed by atoms with Crippen LogP contribution in [0.15, 0.2) is 34.1 Å². The van der Waals surface area contributed by atoms with Crippen LogP contribution in [-0.2, 0) is 9.53 Å². The van der Waals surface area contributed by atoms with E-state index in [1.165, 1.54) is 22.6 Å². The Bertz CT molecular complexity index is 1080. The van der Waals surface area contributed by atoms with Crippen LogP contribution >= 0.6 is 24.0 Å². The Hall–Kier alpha value is -2.23. The molecule has 0 aliphatic carbocycles. The molecule has 2 fully saturated rings. The van der Waals surface area contributed by atoms with E-state index in [2.05, 4.69) is 4.90 Å². The number of hydrogen-bond donors (Lipinski definition) is 0. The summed E-state index contributed by atoms with van der Waals surface area (Å²) in [6, 6.07) is 5.50. The quantitative estimate of drug-likeness (QED) is 0.358. The normalized spacial score (nSPS) is 18.5. The highest BCUT2D eigenvalue weighted by Crippen LogP contribution is 2.34. The molecule has 2 aromatic heterocycles. The second-order valence-electron chi connectivity index (χ2n) is 7.51. The Kier molecular flexibility index (Phi) is 7.04. The third-order valence-corrected chi connectivity index (χ3v) is 6.81. The minimum Gasteiger partial charge on any atom is -0.382 e. The van der Waals surface area contributed by atoms with Crippen LogP contribution in [0.3, 0.4) is 0 Å². The fourth-order valence-electron chi connectivity index (χ4n) is 3.86. The number of thiocarbonyl (C=S) groups is 1. The Labute approximate surface area is 191 Å². The van der Waals surface area contributed by atoms with Gasteiger partial charge in [-0.3, -0.25) is 18.9 Å². The molecule has 2 aliphatic heterocycles. The average molecular weight is 459 g/mol. The number of pyridine rings is 1. The van der Waals surface area contributed by atoms with Crippen LogP contribution in [-0.4, -0.2) is 57.4 Å². The molecule has 0 N–H and O–H groups in total. The summed E-state index contributed by atoms with van der Waals surface area (Å²) in [7, 11) is 0. The zero-order valence-corrected chi connectivity index (χ0v) is 19.2. The Balaban J connectivity index is 1.70. The molecule has 0 saturated carbocycles. The van der Waals surface area contributed by atoms with E-state index in [-0.39, 0.29) is 11.5 Å². The molecule has 0 unspecified atom stereocenters. The molecule has 0 aromatic carbocycles. The first kappa shape index (κ1) is 22.0. The van der Waals surface area contributed by atoms with Crippen molar-refractivity contribution in [3.63, 3.8) is 0 Å². The van der Waals surface area contributed by atoms with Crippen molar-refractivity contribution in [1.82, 2.24) is 14.3 Å². The van der Waals surface area contributed by atoms with Crippen LogP contribution in [0.5, 0.6) is 0 Å². The molecule has 1 amide bonds. The minimum atomic E-state index is -0.173. The molecule has 164 valence electrons. The molecular formula is C22H26N4O3S2. The van der Waals surface area contributed by atoms with Crippen molar-refractivity contribution in [2.75, 3.05) is 37.7 Å². The van der Waals surface area contributed by atoms with Crippen molar-refractivity contribution >= 4 is 51.7 Å². The largest absolute Gasteiger partial charge is 0.382 e. The average Bonchev–Trinajstić information content (AvgIpc) is 3.06. The van der Waals surface area contributed by atoms with E-state index < -0.39 is 0 Å². The number of fused-ring (bicyclic) bond motifs is 1. The molecule has 2 aromatic rings. The van der Waals surface area contributed by atoms with Gasteiger partial charge in [0.25, 0.3) is 11.5 Å². The smallest absolute Gasteiger partial charge is 0.267 e. The Morgan fingerprint density at radius 2 is 2.03 bits per heavy atom. The van der Waals surface area contributed by atoms with E-state index >= 15 is 0 Å². The molecule has 9 heteroatoms. The van der Waals surface area contributed by atoms with Gasteiger partial charge in [-0.15, -0.1) is 0 Å². The molecule has 31 heavy (non-hydrogen) atoms. The Morgan fingerprint density at radius 3 is 2.81 bits per heavy atom. The third kappa shape index (κ3) is 4.68. The summed E-state index contributed by atoms with van der Waals surface area (Å²) in [5.41, 5.74) is 0.877. The van der Waals surface area contributed by atoms with Gasteiger partial charge in [0.15, 0.2) is 0 Å². The number of carbonyl (C=O) groups is 1. The third-order valence-electron chi connectivity index (χ3n) is 5.43. The summed E-state index contributed by atoms with van der Waals surface area (Å²) in [5, 5.41) is 0. The molecular weight excluding hydrogens is 432 g/mol. The van der Waals surface area contributed by atoms with Crippen molar-refractivity contribution in [3.05, 3.63) is 45.2 Å². The first-order valence-electron chi connectivity index (χ1n) is 10.7. The van der Waals surface area contributed by atoms with Crippen molar-refractivity contribution < 1.29 is 9.53 Å². The van der Waals surface area contributed by atoms with Crippen molar-refractivity contribution in [2.45, 2.75) is 32.6 Å². The molecule has 0 bridgehead atoms. The van der Waals surface area contributed by atoms with Gasteiger partial charge in [0.1, 0.15) is 15.8 Å². The van der Waals surface area contributed by atoms with Crippen LogP contribution in [0, 0.1) is 0 Å². The highest BCUT2D eigenvalue weighted by Gasteiger charge is 2.32. The fraction of sp³-hybridized carbons (Fsp3) is 0.455. The van der Waals surface area contributed by atoms with Gasteiger partial charge in [-0.25, -0.2) is 4.98 Å². The van der Waals surface area contributed by atoms with Gasteiger partial charge in [0.05, 0.1) is 10.5 Å². The summed E-state index contributed by atoms with van der Waals surface area (Å²) in [6.07, 6.45) is 7.42. The fourth-order valence-corrected chi connectivity index (χ4v) is 5.15. The summed E-state index contributed by atoms with van der Waals surface area (Å²) < 4.78 is 7.41. The van der Waals surface area contributed by atoms with E-state index in [1.54, 1.807) is 23.2 Å². The lowest BCUT2D eigenvalue weighted by molar-refractivity contribution is -0.122. The maximum absolute atomic E-state index is 13.4. The van der Waals surface area contributed by atoms with Gasteiger partial charge in [0.2, 0.25) is 0 Å². The predicted molar refractivity (Wildman–Crippen MR) is 129 cm³/mol.